The molecule has 1 saturated heterocycles. The van der Waals surface area contributed by atoms with E-state index in [4.69, 9.17) is 10.6 Å². The van der Waals surface area contributed by atoms with E-state index in [2.05, 4.69) is 37.5 Å². The number of ether oxygens (including phenoxy) is 1. The zero-order valence-electron chi connectivity index (χ0n) is 13.0. The number of hydrazine groups is 1. The van der Waals surface area contributed by atoms with E-state index in [0.29, 0.717) is 12.0 Å². The molecule has 118 valence electrons. The lowest BCUT2D eigenvalue weighted by atomic mass is 10.3. The third-order valence-corrected chi connectivity index (χ3v) is 3.40. The lowest BCUT2D eigenvalue weighted by Crippen LogP contribution is -2.35. The molecule has 1 unspecified atom stereocenters. The summed E-state index contributed by atoms with van der Waals surface area (Å²) in [5, 5.41) is 3.23. The average molecular weight is 295 g/mol. The predicted octanol–water partition coefficient (Wildman–Crippen LogP) is 0.841. The fraction of sp³-hybridized carbons (Fsp3) is 0.769. The lowest BCUT2D eigenvalue weighted by molar-refractivity contribution is 0.222. The SMILES string of the molecule is CC(C)Oc1nc(NN)nc(NCC(C)N2CCCC2)n1. The molecule has 1 aromatic heterocycles. The summed E-state index contributed by atoms with van der Waals surface area (Å²) in [6, 6.07) is 0.706. The van der Waals surface area contributed by atoms with Gasteiger partial charge in [0, 0.05) is 12.6 Å². The third-order valence-electron chi connectivity index (χ3n) is 3.40. The van der Waals surface area contributed by atoms with Gasteiger partial charge in [-0.25, -0.2) is 5.84 Å². The molecule has 0 saturated carbocycles. The second kappa shape index (κ2) is 7.37. The zero-order valence-corrected chi connectivity index (χ0v) is 13.0. The number of anilines is 2. The lowest BCUT2D eigenvalue weighted by Gasteiger charge is -2.23. The number of hydrogen-bond donors (Lipinski definition) is 3. The minimum Gasteiger partial charge on any atom is -0.461 e. The Bertz CT molecular complexity index is 448. The Balaban J connectivity index is 1.97. The van der Waals surface area contributed by atoms with E-state index in [-0.39, 0.29) is 18.1 Å². The fourth-order valence-corrected chi connectivity index (χ4v) is 2.31. The second-order valence-corrected chi connectivity index (χ2v) is 5.55. The first-order valence-corrected chi connectivity index (χ1v) is 7.45. The standard InChI is InChI=1S/C13H25N7O/c1-9(2)21-13-17-11(16-12(18-13)19-14)15-8-10(3)20-6-4-5-7-20/h9-10H,4-8,14H2,1-3H3,(H2,15,16,17,18,19). The van der Waals surface area contributed by atoms with Crippen LogP contribution in [-0.2, 0) is 0 Å². The molecule has 0 aliphatic carbocycles. The van der Waals surface area contributed by atoms with E-state index in [1.54, 1.807) is 0 Å². The maximum absolute atomic E-state index is 5.50. The number of nitrogens with zero attached hydrogens (tertiary/aromatic N) is 4. The molecule has 1 aliphatic rings. The van der Waals surface area contributed by atoms with E-state index in [1.165, 1.54) is 12.8 Å². The van der Waals surface area contributed by atoms with Crippen molar-refractivity contribution in [1.82, 2.24) is 19.9 Å². The summed E-state index contributed by atoms with van der Waals surface area (Å²) >= 11 is 0. The number of hydrogen-bond acceptors (Lipinski definition) is 8. The van der Waals surface area contributed by atoms with E-state index in [1.807, 2.05) is 13.8 Å². The topological polar surface area (TPSA) is 101 Å². The predicted molar refractivity (Wildman–Crippen MR) is 82.2 cm³/mol. The summed E-state index contributed by atoms with van der Waals surface area (Å²) in [5.41, 5.74) is 2.43. The summed E-state index contributed by atoms with van der Waals surface area (Å²) in [6.45, 7) is 9.14. The maximum Gasteiger partial charge on any atom is 0.323 e. The monoisotopic (exact) mass is 295 g/mol. The molecule has 8 heteroatoms. The van der Waals surface area contributed by atoms with Crippen molar-refractivity contribution in [3.8, 4) is 6.01 Å². The Kier molecular flexibility index (Phi) is 5.51. The number of rotatable bonds is 7. The number of aromatic nitrogens is 3. The highest BCUT2D eigenvalue weighted by molar-refractivity contribution is 5.35. The number of nitrogens with one attached hydrogen (secondary N) is 2. The van der Waals surface area contributed by atoms with Crippen molar-refractivity contribution in [2.75, 3.05) is 30.4 Å². The van der Waals surface area contributed by atoms with Crippen LogP contribution >= 0.6 is 0 Å². The third kappa shape index (κ3) is 4.68. The van der Waals surface area contributed by atoms with Gasteiger partial charge in [-0.3, -0.25) is 10.3 Å². The first-order valence-electron chi connectivity index (χ1n) is 7.45. The molecule has 4 N–H and O–H groups in total. The minimum absolute atomic E-state index is 0.00519. The van der Waals surface area contributed by atoms with Crippen LogP contribution in [0.2, 0.25) is 0 Å². The second-order valence-electron chi connectivity index (χ2n) is 5.55. The summed E-state index contributed by atoms with van der Waals surface area (Å²) in [4.78, 5) is 15.0. The summed E-state index contributed by atoms with van der Waals surface area (Å²) < 4.78 is 5.50. The van der Waals surface area contributed by atoms with Gasteiger partial charge in [0.05, 0.1) is 6.10 Å². The van der Waals surface area contributed by atoms with Crippen molar-refractivity contribution in [3.63, 3.8) is 0 Å². The molecule has 2 rings (SSSR count). The molecule has 0 amide bonds. The molecule has 0 bridgehead atoms. The molecule has 2 heterocycles. The number of likely N-dealkylation sites (tertiary alicyclic amines) is 1. The van der Waals surface area contributed by atoms with Gasteiger partial charge in [0.15, 0.2) is 0 Å². The average Bonchev–Trinajstić information content (AvgIpc) is 2.98. The van der Waals surface area contributed by atoms with Crippen LogP contribution in [0, 0.1) is 0 Å². The van der Waals surface area contributed by atoms with Crippen molar-refractivity contribution in [2.45, 2.75) is 45.8 Å². The Morgan fingerprint density at radius 2 is 1.81 bits per heavy atom. The van der Waals surface area contributed by atoms with Gasteiger partial charge in [-0.15, -0.1) is 0 Å². The smallest absolute Gasteiger partial charge is 0.323 e. The Morgan fingerprint density at radius 1 is 1.14 bits per heavy atom. The first kappa shape index (κ1) is 15.7. The quantitative estimate of drug-likeness (QED) is 0.502. The van der Waals surface area contributed by atoms with Crippen molar-refractivity contribution in [3.05, 3.63) is 0 Å². The first-order chi connectivity index (χ1) is 10.1. The Morgan fingerprint density at radius 3 is 2.43 bits per heavy atom. The molecule has 0 radical (unpaired) electrons. The normalized spacial score (nSPS) is 17.0. The minimum atomic E-state index is -0.00519. The van der Waals surface area contributed by atoms with Gasteiger partial charge in [0.25, 0.3) is 0 Å². The van der Waals surface area contributed by atoms with Crippen LogP contribution in [0.4, 0.5) is 11.9 Å². The van der Waals surface area contributed by atoms with Gasteiger partial charge in [0.1, 0.15) is 0 Å². The van der Waals surface area contributed by atoms with Crippen LogP contribution in [0.1, 0.15) is 33.6 Å². The molecule has 1 fully saturated rings. The van der Waals surface area contributed by atoms with Crippen molar-refractivity contribution < 1.29 is 4.74 Å². The van der Waals surface area contributed by atoms with E-state index in [0.717, 1.165) is 19.6 Å². The molecule has 21 heavy (non-hydrogen) atoms. The number of nitrogen functional groups attached to an aromatic ring is 1. The van der Waals surface area contributed by atoms with E-state index in [9.17, 15) is 0 Å². The molecule has 1 aliphatic heterocycles. The molecule has 8 nitrogen and oxygen atoms in total. The van der Waals surface area contributed by atoms with Gasteiger partial charge in [-0.05, 0) is 46.7 Å². The van der Waals surface area contributed by atoms with E-state index < -0.39 is 0 Å². The molecular weight excluding hydrogens is 270 g/mol. The maximum atomic E-state index is 5.50. The zero-order chi connectivity index (χ0) is 15.2. The van der Waals surface area contributed by atoms with Crippen molar-refractivity contribution in [2.24, 2.45) is 5.84 Å². The summed E-state index contributed by atoms with van der Waals surface area (Å²) in [5.74, 6) is 6.14. The number of nitrogens with two attached hydrogens (primary N) is 1. The molecule has 0 aromatic carbocycles. The van der Waals surface area contributed by atoms with Crippen molar-refractivity contribution in [1.29, 1.82) is 0 Å². The highest BCUT2D eigenvalue weighted by Gasteiger charge is 2.18. The van der Waals surface area contributed by atoms with Gasteiger partial charge in [0.2, 0.25) is 11.9 Å². The Hall–Kier alpha value is -1.67. The largest absolute Gasteiger partial charge is 0.461 e. The van der Waals surface area contributed by atoms with Gasteiger partial charge >= 0.3 is 6.01 Å². The summed E-state index contributed by atoms with van der Waals surface area (Å²) in [7, 11) is 0. The Labute approximate surface area is 125 Å². The van der Waals surface area contributed by atoms with Crippen LogP contribution in [0.15, 0.2) is 0 Å². The molecule has 1 atom stereocenters. The van der Waals surface area contributed by atoms with Crippen LogP contribution < -0.4 is 21.3 Å². The van der Waals surface area contributed by atoms with Crippen LogP contribution in [-0.4, -0.2) is 51.6 Å². The van der Waals surface area contributed by atoms with Gasteiger partial charge in [-0.2, -0.15) is 15.0 Å². The van der Waals surface area contributed by atoms with Gasteiger partial charge < -0.3 is 10.1 Å². The van der Waals surface area contributed by atoms with E-state index >= 15 is 0 Å². The van der Waals surface area contributed by atoms with Crippen molar-refractivity contribution >= 4 is 11.9 Å². The molecular formula is C13H25N7O. The van der Waals surface area contributed by atoms with Crippen LogP contribution in [0.3, 0.4) is 0 Å². The van der Waals surface area contributed by atoms with Gasteiger partial charge in [-0.1, -0.05) is 0 Å². The summed E-state index contributed by atoms with van der Waals surface area (Å²) in [6.07, 6.45) is 2.56. The van der Waals surface area contributed by atoms with Crippen LogP contribution in [0.25, 0.3) is 0 Å². The highest BCUT2D eigenvalue weighted by atomic mass is 16.5. The molecule has 0 spiro atoms. The molecule has 1 aromatic rings. The van der Waals surface area contributed by atoms with Crippen LogP contribution in [0.5, 0.6) is 6.01 Å². The fourth-order valence-electron chi connectivity index (χ4n) is 2.31. The highest BCUT2D eigenvalue weighted by Crippen LogP contribution is 2.14.